The van der Waals surface area contributed by atoms with Gasteiger partial charge < -0.3 is 24.5 Å². The number of carbonyl (C=O) groups is 1. The predicted molar refractivity (Wildman–Crippen MR) is 108 cm³/mol. The van der Waals surface area contributed by atoms with Crippen molar-refractivity contribution in [1.29, 1.82) is 0 Å². The maximum Gasteiger partial charge on any atom is 0.417 e. The van der Waals surface area contributed by atoms with E-state index in [0.29, 0.717) is 6.07 Å². The number of pyridine rings is 1. The zero-order valence-corrected chi connectivity index (χ0v) is 17.1. The second kappa shape index (κ2) is 8.33. The normalized spacial score (nSPS) is 11.4. The highest BCUT2D eigenvalue weighted by molar-refractivity contribution is 6.04. The minimum Gasteiger partial charge on any atom is -0.504 e. The number of hydrogen-bond acceptors (Lipinski definition) is 7. The lowest BCUT2D eigenvalue weighted by atomic mass is 9.97. The third kappa shape index (κ3) is 4.12. The van der Waals surface area contributed by atoms with E-state index in [4.69, 9.17) is 4.74 Å². The van der Waals surface area contributed by atoms with E-state index in [0.717, 1.165) is 29.1 Å². The summed E-state index contributed by atoms with van der Waals surface area (Å²) >= 11 is 0. The number of aromatic nitrogens is 2. The van der Waals surface area contributed by atoms with Gasteiger partial charge in [0.05, 0.1) is 33.9 Å². The van der Waals surface area contributed by atoms with Crippen LogP contribution in [0, 0.1) is 10.1 Å². The van der Waals surface area contributed by atoms with Crippen molar-refractivity contribution in [1.82, 2.24) is 9.55 Å². The van der Waals surface area contributed by atoms with Crippen molar-refractivity contribution in [2.45, 2.75) is 13.1 Å². The van der Waals surface area contributed by atoms with Gasteiger partial charge in [0.15, 0.2) is 5.75 Å². The SMILES string of the molecule is CCOC(=O)c1c(-c2cc(O)c(O)c([N+](=O)[O-])c2)cn(C)c1-c1c(C(F)(F)F)cc[nH]c1=O. The van der Waals surface area contributed by atoms with Crippen LogP contribution in [0.25, 0.3) is 22.4 Å². The summed E-state index contributed by atoms with van der Waals surface area (Å²) in [5, 5.41) is 30.9. The van der Waals surface area contributed by atoms with E-state index >= 15 is 0 Å². The minimum atomic E-state index is -4.95. The number of H-pyrrole nitrogens is 1. The highest BCUT2D eigenvalue weighted by Crippen LogP contribution is 2.43. The van der Waals surface area contributed by atoms with E-state index in [1.807, 2.05) is 0 Å². The van der Waals surface area contributed by atoms with E-state index in [2.05, 4.69) is 4.98 Å². The number of nitro benzene ring substituents is 1. The number of hydrogen-bond donors (Lipinski definition) is 3. The second-order valence-corrected chi connectivity index (χ2v) is 6.81. The number of rotatable bonds is 5. The van der Waals surface area contributed by atoms with Gasteiger partial charge in [-0.15, -0.1) is 0 Å². The highest BCUT2D eigenvalue weighted by atomic mass is 19.4. The lowest BCUT2D eigenvalue weighted by Gasteiger charge is -2.14. The van der Waals surface area contributed by atoms with E-state index < -0.39 is 62.2 Å². The quantitative estimate of drug-likeness (QED) is 0.225. The number of nitro groups is 1. The fraction of sp³-hybridized carbons (Fsp3) is 0.200. The van der Waals surface area contributed by atoms with Crippen molar-refractivity contribution >= 4 is 11.7 Å². The van der Waals surface area contributed by atoms with Gasteiger partial charge in [-0.1, -0.05) is 0 Å². The molecule has 3 N–H and O–H groups in total. The molecule has 0 radical (unpaired) electrons. The van der Waals surface area contributed by atoms with Gasteiger partial charge in [0, 0.05) is 31.1 Å². The van der Waals surface area contributed by atoms with Gasteiger partial charge in [-0.2, -0.15) is 13.2 Å². The Labute approximate surface area is 182 Å². The summed E-state index contributed by atoms with van der Waals surface area (Å²) in [5.41, 5.74) is -5.50. The van der Waals surface area contributed by atoms with Crippen LogP contribution in [0.3, 0.4) is 0 Å². The third-order valence-corrected chi connectivity index (χ3v) is 4.74. The lowest BCUT2D eigenvalue weighted by molar-refractivity contribution is -0.385. The van der Waals surface area contributed by atoms with Gasteiger partial charge in [0.2, 0.25) is 5.75 Å². The number of benzene rings is 1. The summed E-state index contributed by atoms with van der Waals surface area (Å²) < 4.78 is 47.1. The molecule has 13 heteroatoms. The van der Waals surface area contributed by atoms with Crippen LogP contribution >= 0.6 is 0 Å². The van der Waals surface area contributed by atoms with Crippen molar-refractivity contribution in [2.75, 3.05) is 6.61 Å². The first-order valence-corrected chi connectivity index (χ1v) is 9.24. The molecular formula is C20H16F3N3O7. The van der Waals surface area contributed by atoms with Crippen LogP contribution in [-0.4, -0.2) is 37.3 Å². The maximum atomic E-state index is 13.7. The van der Waals surface area contributed by atoms with Gasteiger partial charge in [0.25, 0.3) is 5.56 Å². The number of ether oxygens (including phenoxy) is 1. The summed E-state index contributed by atoms with van der Waals surface area (Å²) in [6, 6.07) is 2.36. The zero-order chi connectivity index (χ0) is 24.7. The summed E-state index contributed by atoms with van der Waals surface area (Å²) in [5.74, 6) is -3.03. The Morgan fingerprint density at radius 3 is 2.55 bits per heavy atom. The molecule has 0 aliphatic carbocycles. The number of nitrogens with one attached hydrogen (secondary N) is 1. The zero-order valence-electron chi connectivity index (χ0n) is 17.1. The Hall–Kier alpha value is -4.29. The fourth-order valence-corrected chi connectivity index (χ4v) is 3.41. The van der Waals surface area contributed by atoms with Crippen molar-refractivity contribution in [3.05, 3.63) is 62.2 Å². The molecule has 0 aliphatic rings. The van der Waals surface area contributed by atoms with Crippen LogP contribution in [0.15, 0.2) is 35.4 Å². The van der Waals surface area contributed by atoms with Gasteiger partial charge >= 0.3 is 17.8 Å². The number of halogens is 3. The molecule has 0 bridgehead atoms. The van der Waals surface area contributed by atoms with Gasteiger partial charge in [-0.05, 0) is 24.6 Å². The van der Waals surface area contributed by atoms with Crippen LogP contribution in [-0.2, 0) is 18.0 Å². The van der Waals surface area contributed by atoms with Crippen molar-refractivity contribution in [3.8, 4) is 33.9 Å². The molecule has 2 heterocycles. The Morgan fingerprint density at radius 2 is 1.97 bits per heavy atom. The molecule has 10 nitrogen and oxygen atoms in total. The van der Waals surface area contributed by atoms with E-state index in [-0.39, 0.29) is 17.7 Å². The molecule has 0 spiro atoms. The van der Waals surface area contributed by atoms with Crippen molar-refractivity contribution < 1.29 is 37.8 Å². The number of aromatic amines is 1. The number of esters is 1. The van der Waals surface area contributed by atoms with Crippen LogP contribution in [0.1, 0.15) is 22.8 Å². The lowest BCUT2D eigenvalue weighted by Crippen LogP contribution is -2.20. The maximum absolute atomic E-state index is 13.7. The first kappa shape index (κ1) is 23.4. The molecule has 3 rings (SSSR count). The number of carbonyl (C=O) groups excluding carboxylic acids is 1. The number of alkyl halides is 3. The average Bonchev–Trinajstić information content (AvgIpc) is 3.06. The molecule has 0 fully saturated rings. The van der Waals surface area contributed by atoms with Crippen LogP contribution < -0.4 is 5.56 Å². The van der Waals surface area contributed by atoms with E-state index in [1.54, 1.807) is 0 Å². The molecule has 3 aromatic rings. The predicted octanol–water partition coefficient (Wildman–Crippen LogP) is 3.56. The minimum absolute atomic E-state index is 0.162. The summed E-state index contributed by atoms with van der Waals surface area (Å²) in [7, 11) is 1.27. The van der Waals surface area contributed by atoms with Crippen molar-refractivity contribution in [2.24, 2.45) is 7.05 Å². The average molecular weight is 467 g/mol. The monoisotopic (exact) mass is 467 g/mol. The Bertz CT molecular complexity index is 1330. The van der Waals surface area contributed by atoms with E-state index in [1.165, 1.54) is 14.0 Å². The largest absolute Gasteiger partial charge is 0.504 e. The standard InChI is InChI=1S/C20H16F3N3O7/c1-3-33-19(30)14-10(9-6-12(26(31)32)17(28)13(27)7-9)8-25(2)16(14)15-11(20(21,22)23)4-5-24-18(15)29/h4-8,27-28H,3H2,1-2H3,(H,24,29). The van der Waals surface area contributed by atoms with E-state index in [9.17, 15) is 43.1 Å². The van der Waals surface area contributed by atoms with Crippen molar-refractivity contribution in [3.63, 3.8) is 0 Å². The van der Waals surface area contributed by atoms with Gasteiger partial charge in [-0.25, -0.2) is 4.79 Å². The molecule has 0 aliphatic heterocycles. The first-order chi connectivity index (χ1) is 15.4. The number of phenols is 2. The second-order valence-electron chi connectivity index (χ2n) is 6.81. The Balaban J connectivity index is 2.45. The topological polar surface area (TPSA) is 148 Å². The fourth-order valence-electron chi connectivity index (χ4n) is 3.41. The number of aryl methyl sites for hydroxylation is 1. The number of aromatic hydroxyl groups is 2. The summed E-state index contributed by atoms with van der Waals surface area (Å²) in [6.07, 6.45) is -2.98. The Kier molecular flexibility index (Phi) is 5.90. The molecule has 0 saturated carbocycles. The molecule has 1 aromatic carbocycles. The number of nitrogens with zero attached hydrogens (tertiary/aromatic N) is 2. The summed E-state index contributed by atoms with van der Waals surface area (Å²) in [6.45, 7) is 1.29. The molecule has 33 heavy (non-hydrogen) atoms. The van der Waals surface area contributed by atoms with Crippen LogP contribution in [0.4, 0.5) is 18.9 Å². The molecule has 0 unspecified atom stereocenters. The Morgan fingerprint density at radius 1 is 1.30 bits per heavy atom. The van der Waals surface area contributed by atoms with Crippen LogP contribution in [0.5, 0.6) is 11.5 Å². The summed E-state index contributed by atoms with van der Waals surface area (Å²) in [4.78, 5) is 37.7. The smallest absolute Gasteiger partial charge is 0.417 e. The highest BCUT2D eigenvalue weighted by Gasteiger charge is 2.38. The third-order valence-electron chi connectivity index (χ3n) is 4.74. The van der Waals surface area contributed by atoms with Crippen LogP contribution in [0.2, 0.25) is 0 Å². The molecule has 174 valence electrons. The van der Waals surface area contributed by atoms with Gasteiger partial charge in [0.1, 0.15) is 0 Å². The number of phenolic OH excluding ortho intramolecular Hbond substituents is 2. The van der Waals surface area contributed by atoms with Gasteiger partial charge in [-0.3, -0.25) is 14.9 Å². The molecule has 0 amide bonds. The molecule has 0 saturated heterocycles. The first-order valence-electron chi connectivity index (χ1n) is 9.24. The molecular weight excluding hydrogens is 451 g/mol. The molecule has 0 atom stereocenters. The molecule has 2 aromatic heterocycles.